The van der Waals surface area contributed by atoms with E-state index in [1.807, 2.05) is 30.3 Å². The lowest BCUT2D eigenvalue weighted by Crippen LogP contribution is -2.16. The number of aromatic nitrogens is 1. The van der Waals surface area contributed by atoms with Crippen molar-refractivity contribution in [2.75, 3.05) is 5.32 Å². The first-order chi connectivity index (χ1) is 9.66. The lowest BCUT2D eigenvalue weighted by Gasteiger charge is -2.08. The van der Waals surface area contributed by atoms with Gasteiger partial charge in [0, 0.05) is 12.4 Å². The molecule has 1 aromatic carbocycles. The van der Waals surface area contributed by atoms with Crippen molar-refractivity contribution in [3.63, 3.8) is 0 Å². The molecule has 2 rings (SSSR count). The number of nitrogens with one attached hydrogen (secondary N) is 1. The number of pyridine rings is 1. The maximum Gasteiger partial charge on any atom is 0.411 e. The molecule has 0 unspecified atom stereocenters. The summed E-state index contributed by atoms with van der Waals surface area (Å²) in [5.41, 5.74) is 0.894. The quantitative estimate of drug-likeness (QED) is 0.892. The van der Waals surface area contributed by atoms with Crippen LogP contribution < -0.4 is 5.32 Å². The molecule has 102 valence electrons. The first kappa shape index (κ1) is 13.5. The van der Waals surface area contributed by atoms with E-state index in [1.165, 1.54) is 12.3 Å². The monoisotopic (exact) mass is 272 g/mol. The fourth-order valence-electron chi connectivity index (χ4n) is 1.54. The molecule has 1 aromatic heterocycles. The van der Waals surface area contributed by atoms with Crippen molar-refractivity contribution in [1.29, 1.82) is 0 Å². The molecule has 0 aliphatic heterocycles. The van der Waals surface area contributed by atoms with Crippen LogP contribution in [-0.4, -0.2) is 22.2 Å². The molecule has 0 fully saturated rings. The van der Waals surface area contributed by atoms with Gasteiger partial charge in [0.05, 0.1) is 5.69 Å². The molecule has 6 nitrogen and oxygen atoms in total. The van der Waals surface area contributed by atoms with E-state index in [0.717, 1.165) is 11.8 Å². The van der Waals surface area contributed by atoms with Gasteiger partial charge in [0.2, 0.25) is 0 Å². The van der Waals surface area contributed by atoms with E-state index in [9.17, 15) is 9.59 Å². The minimum Gasteiger partial charge on any atom is -0.478 e. The molecule has 0 aliphatic rings. The summed E-state index contributed by atoms with van der Waals surface area (Å²) in [4.78, 5) is 26.3. The third-order valence-corrected chi connectivity index (χ3v) is 2.50. The molecular weight excluding hydrogens is 260 g/mol. The Balaban J connectivity index is 1.97. The number of carbonyl (C=O) groups excluding carboxylic acids is 1. The Kier molecular flexibility index (Phi) is 4.28. The normalized spacial score (nSPS) is 9.80. The van der Waals surface area contributed by atoms with Gasteiger partial charge in [0.15, 0.2) is 0 Å². The van der Waals surface area contributed by atoms with Gasteiger partial charge >= 0.3 is 12.1 Å². The highest BCUT2D eigenvalue weighted by molar-refractivity contribution is 5.98. The Morgan fingerprint density at radius 2 is 1.95 bits per heavy atom. The summed E-state index contributed by atoms with van der Waals surface area (Å²) in [6.07, 6.45) is 1.83. The van der Waals surface area contributed by atoms with Crippen LogP contribution in [0.3, 0.4) is 0 Å². The van der Waals surface area contributed by atoms with E-state index < -0.39 is 12.1 Å². The van der Waals surface area contributed by atoms with Crippen molar-refractivity contribution in [2.45, 2.75) is 6.61 Å². The SMILES string of the molecule is O=C(Nc1ccncc1C(=O)O)OCc1ccccc1. The molecular formula is C14H12N2O4. The van der Waals surface area contributed by atoms with E-state index in [-0.39, 0.29) is 17.9 Å². The smallest absolute Gasteiger partial charge is 0.411 e. The van der Waals surface area contributed by atoms with Crippen molar-refractivity contribution < 1.29 is 19.4 Å². The first-order valence-corrected chi connectivity index (χ1v) is 5.82. The highest BCUT2D eigenvalue weighted by atomic mass is 16.5. The zero-order chi connectivity index (χ0) is 14.4. The van der Waals surface area contributed by atoms with Gasteiger partial charge in [-0.3, -0.25) is 10.3 Å². The van der Waals surface area contributed by atoms with Crippen LogP contribution in [0.15, 0.2) is 48.8 Å². The van der Waals surface area contributed by atoms with Gasteiger partial charge in [-0.15, -0.1) is 0 Å². The van der Waals surface area contributed by atoms with Gasteiger partial charge in [0.1, 0.15) is 12.2 Å². The average molecular weight is 272 g/mol. The van der Waals surface area contributed by atoms with Crippen LogP contribution in [0.25, 0.3) is 0 Å². The van der Waals surface area contributed by atoms with Crippen LogP contribution in [0.4, 0.5) is 10.5 Å². The zero-order valence-electron chi connectivity index (χ0n) is 10.4. The number of carboxylic acid groups (broad SMARTS) is 1. The molecule has 20 heavy (non-hydrogen) atoms. The van der Waals surface area contributed by atoms with Crippen molar-refractivity contribution in [3.05, 3.63) is 59.9 Å². The van der Waals surface area contributed by atoms with Crippen LogP contribution in [0.2, 0.25) is 0 Å². The highest BCUT2D eigenvalue weighted by Gasteiger charge is 2.12. The molecule has 1 amide bonds. The Morgan fingerprint density at radius 1 is 1.20 bits per heavy atom. The molecule has 0 radical (unpaired) electrons. The Morgan fingerprint density at radius 3 is 2.65 bits per heavy atom. The van der Waals surface area contributed by atoms with Crippen LogP contribution in [0.5, 0.6) is 0 Å². The number of benzene rings is 1. The maximum atomic E-state index is 11.6. The zero-order valence-corrected chi connectivity index (χ0v) is 10.4. The molecule has 0 aliphatic carbocycles. The van der Waals surface area contributed by atoms with E-state index in [1.54, 1.807) is 0 Å². The maximum absolute atomic E-state index is 11.6. The summed E-state index contributed by atoms with van der Waals surface area (Å²) < 4.78 is 5.00. The van der Waals surface area contributed by atoms with Gasteiger partial charge in [-0.25, -0.2) is 9.59 Å². The van der Waals surface area contributed by atoms with E-state index in [2.05, 4.69) is 10.3 Å². The highest BCUT2D eigenvalue weighted by Crippen LogP contribution is 2.14. The number of hydrogen-bond acceptors (Lipinski definition) is 4. The second-order valence-corrected chi connectivity index (χ2v) is 3.91. The summed E-state index contributed by atoms with van der Waals surface area (Å²) >= 11 is 0. The van der Waals surface area contributed by atoms with Crippen molar-refractivity contribution in [1.82, 2.24) is 4.98 Å². The molecule has 0 atom stereocenters. The number of carbonyl (C=O) groups is 2. The van der Waals surface area contributed by atoms with E-state index in [4.69, 9.17) is 9.84 Å². The van der Waals surface area contributed by atoms with Crippen molar-refractivity contribution in [2.24, 2.45) is 0 Å². The first-order valence-electron chi connectivity index (χ1n) is 5.82. The van der Waals surface area contributed by atoms with E-state index >= 15 is 0 Å². The predicted octanol–water partition coefficient (Wildman–Crippen LogP) is 2.53. The van der Waals surface area contributed by atoms with Crippen LogP contribution in [0, 0.1) is 0 Å². The van der Waals surface area contributed by atoms with Gasteiger partial charge in [0.25, 0.3) is 0 Å². The average Bonchev–Trinajstić information content (AvgIpc) is 2.46. The second-order valence-electron chi connectivity index (χ2n) is 3.91. The number of nitrogens with zero attached hydrogens (tertiary/aromatic N) is 1. The lowest BCUT2D eigenvalue weighted by molar-refractivity contribution is 0.0697. The van der Waals surface area contributed by atoms with Gasteiger partial charge in [-0.1, -0.05) is 30.3 Å². The van der Waals surface area contributed by atoms with Crippen LogP contribution >= 0.6 is 0 Å². The van der Waals surface area contributed by atoms with Gasteiger partial charge < -0.3 is 9.84 Å². The predicted molar refractivity (Wildman–Crippen MR) is 71.4 cm³/mol. The number of hydrogen-bond donors (Lipinski definition) is 2. The molecule has 6 heteroatoms. The van der Waals surface area contributed by atoms with Crippen molar-refractivity contribution in [3.8, 4) is 0 Å². The number of carboxylic acids is 1. The summed E-state index contributed by atoms with van der Waals surface area (Å²) in [6, 6.07) is 10.6. The summed E-state index contributed by atoms with van der Waals surface area (Å²) in [7, 11) is 0. The number of amides is 1. The number of ether oxygens (including phenoxy) is 1. The molecule has 0 saturated carbocycles. The Bertz CT molecular complexity index is 614. The van der Waals surface area contributed by atoms with E-state index in [0.29, 0.717) is 0 Å². The third-order valence-electron chi connectivity index (χ3n) is 2.50. The summed E-state index contributed by atoms with van der Waals surface area (Å²) in [6.45, 7) is 0.111. The Hall–Kier alpha value is -2.89. The fourth-order valence-corrected chi connectivity index (χ4v) is 1.54. The van der Waals surface area contributed by atoms with Crippen molar-refractivity contribution >= 4 is 17.7 Å². The molecule has 2 aromatic rings. The molecule has 0 saturated heterocycles. The largest absolute Gasteiger partial charge is 0.478 e. The number of aromatic carboxylic acids is 1. The third kappa shape index (κ3) is 3.55. The molecule has 2 N–H and O–H groups in total. The second kappa shape index (κ2) is 6.33. The van der Waals surface area contributed by atoms with Gasteiger partial charge in [-0.2, -0.15) is 0 Å². The number of anilines is 1. The minimum atomic E-state index is -1.17. The van der Waals surface area contributed by atoms with Gasteiger partial charge in [-0.05, 0) is 11.6 Å². The Labute approximate surface area is 115 Å². The fraction of sp³-hybridized carbons (Fsp3) is 0.0714. The molecule has 1 heterocycles. The standard InChI is InChI=1S/C14H12N2O4/c17-13(18)11-8-15-7-6-12(11)16-14(19)20-9-10-4-2-1-3-5-10/h1-8H,9H2,(H,17,18)(H,15,16,19). The molecule has 0 bridgehead atoms. The number of rotatable bonds is 4. The minimum absolute atomic E-state index is 0.0934. The summed E-state index contributed by atoms with van der Waals surface area (Å²) in [5, 5.41) is 11.3. The summed E-state index contributed by atoms with van der Waals surface area (Å²) in [5.74, 6) is -1.17. The molecule has 0 spiro atoms. The van der Waals surface area contributed by atoms with Crippen LogP contribution in [-0.2, 0) is 11.3 Å². The lowest BCUT2D eigenvalue weighted by atomic mass is 10.2. The van der Waals surface area contributed by atoms with Crippen LogP contribution in [0.1, 0.15) is 15.9 Å². The topological polar surface area (TPSA) is 88.5 Å².